The van der Waals surface area contributed by atoms with E-state index in [-0.39, 0.29) is 10.8 Å². The van der Waals surface area contributed by atoms with Gasteiger partial charge in [-0.1, -0.05) is 11.6 Å². The molecule has 0 radical (unpaired) electrons. The summed E-state index contributed by atoms with van der Waals surface area (Å²) in [6.07, 6.45) is 0. The van der Waals surface area contributed by atoms with Gasteiger partial charge in [-0.15, -0.1) is 0 Å². The lowest BCUT2D eigenvalue weighted by atomic mass is 10.1. The first-order valence-electron chi connectivity index (χ1n) is 3.95. The molecule has 1 aromatic carbocycles. The maximum absolute atomic E-state index is 13.1. The normalized spacial score (nSPS) is 10.4. The predicted octanol–water partition coefficient (Wildman–Crippen LogP) is 3.79. The van der Waals surface area contributed by atoms with Crippen molar-refractivity contribution in [2.45, 2.75) is 0 Å². The first-order chi connectivity index (χ1) is 6.68. The molecule has 0 aliphatic carbocycles. The Morgan fingerprint density at radius 1 is 1.36 bits per heavy atom. The second kappa shape index (κ2) is 3.59. The molecule has 2 N–H and O–H groups in total. The molecule has 0 fully saturated rings. The SMILES string of the molecule is Nc1c(Cl)cc(F)cc1-c1ccsc1. The van der Waals surface area contributed by atoms with Crippen LogP contribution in [0.1, 0.15) is 0 Å². The highest BCUT2D eigenvalue weighted by molar-refractivity contribution is 7.08. The molecular weight excluding hydrogens is 221 g/mol. The van der Waals surface area contributed by atoms with Gasteiger partial charge in [-0.3, -0.25) is 0 Å². The van der Waals surface area contributed by atoms with Crippen LogP contribution >= 0.6 is 22.9 Å². The monoisotopic (exact) mass is 227 g/mol. The minimum atomic E-state index is -0.370. The van der Waals surface area contributed by atoms with Gasteiger partial charge in [0, 0.05) is 5.56 Å². The zero-order valence-corrected chi connectivity index (χ0v) is 8.70. The number of benzene rings is 1. The minimum absolute atomic E-state index is 0.256. The summed E-state index contributed by atoms with van der Waals surface area (Å²) in [6.45, 7) is 0. The van der Waals surface area contributed by atoms with E-state index in [2.05, 4.69) is 0 Å². The highest BCUT2D eigenvalue weighted by Crippen LogP contribution is 2.33. The average molecular weight is 228 g/mol. The molecule has 2 rings (SSSR count). The summed E-state index contributed by atoms with van der Waals surface area (Å²) in [7, 11) is 0. The summed E-state index contributed by atoms with van der Waals surface area (Å²) in [5.74, 6) is -0.370. The standard InChI is InChI=1S/C10H7ClFNS/c11-9-4-7(12)3-8(10(9)13)6-1-2-14-5-6/h1-5H,13H2. The summed E-state index contributed by atoms with van der Waals surface area (Å²) in [6, 6.07) is 4.49. The predicted molar refractivity (Wildman–Crippen MR) is 59.1 cm³/mol. The third kappa shape index (κ3) is 1.61. The van der Waals surface area contributed by atoms with Crippen LogP contribution in [-0.2, 0) is 0 Å². The molecule has 0 saturated heterocycles. The zero-order chi connectivity index (χ0) is 10.1. The van der Waals surface area contributed by atoms with Crippen LogP contribution in [0.4, 0.5) is 10.1 Å². The Morgan fingerprint density at radius 2 is 2.14 bits per heavy atom. The number of nitrogen functional groups attached to an aromatic ring is 1. The Hall–Kier alpha value is -1.06. The summed E-state index contributed by atoms with van der Waals surface area (Å²) in [5.41, 5.74) is 7.72. The van der Waals surface area contributed by atoms with Crippen molar-refractivity contribution in [2.75, 3.05) is 5.73 Å². The van der Waals surface area contributed by atoms with E-state index in [1.807, 2.05) is 16.8 Å². The second-order valence-electron chi connectivity index (χ2n) is 2.86. The second-order valence-corrected chi connectivity index (χ2v) is 4.05. The molecule has 4 heteroatoms. The van der Waals surface area contributed by atoms with Crippen molar-refractivity contribution in [3.05, 3.63) is 39.8 Å². The van der Waals surface area contributed by atoms with Crippen molar-refractivity contribution in [3.8, 4) is 11.1 Å². The molecular formula is C10H7ClFNS. The topological polar surface area (TPSA) is 26.0 Å². The summed E-state index contributed by atoms with van der Waals surface area (Å²) in [4.78, 5) is 0. The van der Waals surface area contributed by atoms with Crippen LogP contribution in [-0.4, -0.2) is 0 Å². The lowest BCUT2D eigenvalue weighted by Gasteiger charge is -2.05. The quantitative estimate of drug-likeness (QED) is 0.737. The Balaban J connectivity index is 2.64. The summed E-state index contributed by atoms with van der Waals surface area (Å²) in [5, 5.41) is 4.07. The van der Waals surface area contributed by atoms with Crippen LogP contribution in [0.3, 0.4) is 0 Å². The molecule has 0 amide bonds. The van der Waals surface area contributed by atoms with Gasteiger partial charge in [0.25, 0.3) is 0 Å². The van der Waals surface area contributed by atoms with E-state index in [1.54, 1.807) is 0 Å². The fourth-order valence-electron chi connectivity index (χ4n) is 1.24. The number of halogens is 2. The van der Waals surface area contributed by atoms with Crippen molar-refractivity contribution in [3.63, 3.8) is 0 Å². The molecule has 0 spiro atoms. The number of hydrogen-bond acceptors (Lipinski definition) is 2. The number of thiophene rings is 1. The van der Waals surface area contributed by atoms with Gasteiger partial charge < -0.3 is 5.73 Å². The molecule has 14 heavy (non-hydrogen) atoms. The molecule has 72 valence electrons. The maximum Gasteiger partial charge on any atom is 0.125 e. The molecule has 0 unspecified atom stereocenters. The van der Waals surface area contributed by atoms with Crippen LogP contribution in [0.2, 0.25) is 5.02 Å². The molecule has 1 aromatic heterocycles. The van der Waals surface area contributed by atoms with Crippen LogP contribution in [0.25, 0.3) is 11.1 Å². The van der Waals surface area contributed by atoms with Crippen molar-refractivity contribution in [1.82, 2.24) is 0 Å². The van der Waals surface area contributed by atoms with Gasteiger partial charge in [-0.2, -0.15) is 11.3 Å². The van der Waals surface area contributed by atoms with Gasteiger partial charge in [-0.25, -0.2) is 4.39 Å². The van der Waals surface area contributed by atoms with Crippen molar-refractivity contribution >= 4 is 28.6 Å². The number of nitrogens with two attached hydrogens (primary N) is 1. The van der Waals surface area contributed by atoms with E-state index >= 15 is 0 Å². The van der Waals surface area contributed by atoms with E-state index in [1.165, 1.54) is 23.5 Å². The fraction of sp³-hybridized carbons (Fsp3) is 0. The fourth-order valence-corrected chi connectivity index (χ4v) is 2.10. The molecule has 1 nitrogen and oxygen atoms in total. The van der Waals surface area contributed by atoms with Gasteiger partial charge in [0.15, 0.2) is 0 Å². The number of anilines is 1. The third-order valence-electron chi connectivity index (χ3n) is 1.93. The lowest BCUT2D eigenvalue weighted by molar-refractivity contribution is 0.628. The van der Waals surface area contributed by atoms with Crippen LogP contribution in [0.15, 0.2) is 29.0 Å². The minimum Gasteiger partial charge on any atom is -0.397 e. The van der Waals surface area contributed by atoms with E-state index in [0.717, 1.165) is 5.56 Å². The zero-order valence-electron chi connectivity index (χ0n) is 7.13. The van der Waals surface area contributed by atoms with Crippen LogP contribution < -0.4 is 5.73 Å². The smallest absolute Gasteiger partial charge is 0.125 e. The summed E-state index contributed by atoms with van der Waals surface area (Å²) >= 11 is 7.31. The van der Waals surface area contributed by atoms with Gasteiger partial charge in [0.2, 0.25) is 0 Å². The van der Waals surface area contributed by atoms with Gasteiger partial charge in [0.05, 0.1) is 10.7 Å². The number of rotatable bonds is 1. The van der Waals surface area contributed by atoms with Crippen molar-refractivity contribution in [1.29, 1.82) is 0 Å². The van der Waals surface area contributed by atoms with Crippen LogP contribution in [0.5, 0.6) is 0 Å². The molecule has 2 aromatic rings. The lowest BCUT2D eigenvalue weighted by Crippen LogP contribution is -1.92. The maximum atomic E-state index is 13.1. The Kier molecular flexibility index (Phi) is 2.44. The highest BCUT2D eigenvalue weighted by Gasteiger charge is 2.08. The van der Waals surface area contributed by atoms with E-state index in [4.69, 9.17) is 17.3 Å². The van der Waals surface area contributed by atoms with E-state index in [0.29, 0.717) is 11.3 Å². The van der Waals surface area contributed by atoms with Gasteiger partial charge in [0.1, 0.15) is 5.82 Å². The largest absolute Gasteiger partial charge is 0.397 e. The molecule has 1 heterocycles. The molecule has 0 bridgehead atoms. The van der Waals surface area contributed by atoms with Crippen LogP contribution in [0, 0.1) is 5.82 Å². The number of hydrogen-bond donors (Lipinski definition) is 1. The molecule has 0 aliphatic rings. The first-order valence-corrected chi connectivity index (χ1v) is 5.27. The third-order valence-corrected chi connectivity index (χ3v) is 2.92. The molecule has 0 saturated carbocycles. The molecule has 0 atom stereocenters. The Labute approximate surface area is 89.9 Å². The molecule has 0 aliphatic heterocycles. The van der Waals surface area contributed by atoms with Gasteiger partial charge >= 0.3 is 0 Å². The van der Waals surface area contributed by atoms with E-state index < -0.39 is 0 Å². The highest BCUT2D eigenvalue weighted by atomic mass is 35.5. The Bertz CT molecular complexity index is 453. The van der Waals surface area contributed by atoms with E-state index in [9.17, 15) is 4.39 Å². The van der Waals surface area contributed by atoms with Gasteiger partial charge in [-0.05, 0) is 34.5 Å². The average Bonchev–Trinajstić information content (AvgIpc) is 2.63. The summed E-state index contributed by atoms with van der Waals surface area (Å²) < 4.78 is 13.1. The van der Waals surface area contributed by atoms with Crippen molar-refractivity contribution < 1.29 is 4.39 Å². The first kappa shape index (κ1) is 9.49. The van der Waals surface area contributed by atoms with Crippen molar-refractivity contribution in [2.24, 2.45) is 0 Å². The Morgan fingerprint density at radius 3 is 2.79 bits per heavy atom.